The summed E-state index contributed by atoms with van der Waals surface area (Å²) >= 11 is 0. The number of hydrogen-bond acceptors (Lipinski definition) is 3. The van der Waals surface area contributed by atoms with Gasteiger partial charge in [-0.25, -0.2) is 4.79 Å². The summed E-state index contributed by atoms with van der Waals surface area (Å²) < 4.78 is 5.17. The zero-order valence-electron chi connectivity index (χ0n) is 13.8. The monoisotopic (exact) mass is 304 g/mol. The van der Waals surface area contributed by atoms with Gasteiger partial charge in [-0.1, -0.05) is 24.3 Å². The van der Waals surface area contributed by atoms with Crippen LogP contribution in [0, 0.1) is 0 Å². The minimum absolute atomic E-state index is 0.205. The fourth-order valence-corrected chi connectivity index (χ4v) is 1.74. The van der Waals surface area contributed by atoms with E-state index in [1.807, 2.05) is 30.3 Å². The second-order valence-corrected chi connectivity index (χ2v) is 6.10. The molecule has 22 heavy (non-hydrogen) atoms. The van der Waals surface area contributed by atoms with Crippen LogP contribution in [0.3, 0.4) is 0 Å². The number of rotatable bonds is 4. The topological polar surface area (TPSA) is 67.4 Å². The third-order valence-electron chi connectivity index (χ3n) is 2.63. The van der Waals surface area contributed by atoms with E-state index in [0.717, 1.165) is 5.69 Å². The van der Waals surface area contributed by atoms with E-state index in [1.165, 1.54) is 0 Å². The first-order valence-corrected chi connectivity index (χ1v) is 7.22. The van der Waals surface area contributed by atoms with Crippen molar-refractivity contribution in [3.8, 4) is 0 Å². The Morgan fingerprint density at radius 3 is 2.32 bits per heavy atom. The maximum atomic E-state index is 12.0. The molecule has 0 spiro atoms. The third-order valence-corrected chi connectivity index (χ3v) is 2.63. The fourth-order valence-electron chi connectivity index (χ4n) is 1.74. The van der Waals surface area contributed by atoms with Crippen LogP contribution < -0.4 is 10.6 Å². The maximum absolute atomic E-state index is 12.0. The van der Waals surface area contributed by atoms with Crippen LogP contribution in [0.4, 0.5) is 10.5 Å². The van der Waals surface area contributed by atoms with E-state index in [1.54, 1.807) is 40.7 Å². The summed E-state index contributed by atoms with van der Waals surface area (Å²) in [5, 5.41) is 5.46. The Kier molecular flexibility index (Phi) is 6.16. The smallest absolute Gasteiger partial charge is 0.408 e. The zero-order valence-corrected chi connectivity index (χ0v) is 13.8. The van der Waals surface area contributed by atoms with Crippen LogP contribution in [-0.2, 0) is 9.53 Å². The van der Waals surface area contributed by atoms with Crippen molar-refractivity contribution in [3.63, 3.8) is 0 Å². The van der Waals surface area contributed by atoms with Gasteiger partial charge >= 0.3 is 6.09 Å². The predicted octanol–water partition coefficient (Wildman–Crippen LogP) is 3.48. The van der Waals surface area contributed by atoms with Crippen LogP contribution in [0.2, 0.25) is 0 Å². The molecule has 0 aliphatic heterocycles. The van der Waals surface area contributed by atoms with Crippen molar-refractivity contribution in [2.75, 3.05) is 5.32 Å². The molecule has 0 aliphatic carbocycles. The lowest BCUT2D eigenvalue weighted by molar-refractivity contribution is -0.112. The van der Waals surface area contributed by atoms with Crippen LogP contribution in [0.25, 0.3) is 0 Å². The van der Waals surface area contributed by atoms with Gasteiger partial charge in [-0.3, -0.25) is 4.79 Å². The second kappa shape index (κ2) is 7.64. The number of benzene rings is 1. The normalized spacial score (nSPS) is 13.2. The van der Waals surface area contributed by atoms with Crippen LogP contribution in [0.5, 0.6) is 0 Å². The quantitative estimate of drug-likeness (QED) is 0.837. The fraction of sp³-hybridized carbons (Fsp3) is 0.412. The van der Waals surface area contributed by atoms with Crippen molar-refractivity contribution in [1.29, 1.82) is 0 Å². The molecule has 0 fully saturated rings. The van der Waals surface area contributed by atoms with E-state index in [0.29, 0.717) is 5.57 Å². The number of para-hydroxylation sites is 1. The molecule has 0 saturated heterocycles. The highest BCUT2D eigenvalue weighted by molar-refractivity contribution is 6.03. The minimum atomic E-state index is -0.548. The van der Waals surface area contributed by atoms with Crippen molar-refractivity contribution in [2.45, 2.75) is 46.3 Å². The molecule has 1 rings (SSSR count). The lowest BCUT2D eigenvalue weighted by atomic mass is 10.2. The van der Waals surface area contributed by atoms with Crippen molar-refractivity contribution in [1.82, 2.24) is 5.32 Å². The molecule has 2 N–H and O–H groups in total. The van der Waals surface area contributed by atoms with E-state index in [-0.39, 0.29) is 11.9 Å². The highest BCUT2D eigenvalue weighted by Crippen LogP contribution is 2.09. The summed E-state index contributed by atoms with van der Waals surface area (Å²) in [5.41, 5.74) is 0.702. The second-order valence-electron chi connectivity index (χ2n) is 6.10. The molecule has 0 unspecified atom stereocenters. The summed E-state index contributed by atoms with van der Waals surface area (Å²) in [6, 6.07) is 8.89. The molecular weight excluding hydrogens is 280 g/mol. The molecule has 120 valence electrons. The maximum Gasteiger partial charge on any atom is 0.408 e. The first kappa shape index (κ1) is 17.8. The Hall–Kier alpha value is -2.30. The Bertz CT molecular complexity index is 545. The standard InChI is InChI=1S/C17H24N2O3/c1-12(15(20)19-14-9-7-6-8-10-14)11-13(2)18-16(21)22-17(3,4)5/h6-11,13H,1-5H3,(H,18,21)(H,19,20)/b12-11+/t13-/m0/s1. The van der Waals surface area contributed by atoms with E-state index in [9.17, 15) is 9.59 Å². The lowest BCUT2D eigenvalue weighted by Crippen LogP contribution is -2.37. The number of anilines is 1. The Morgan fingerprint density at radius 2 is 1.77 bits per heavy atom. The van der Waals surface area contributed by atoms with Crippen LogP contribution in [0.1, 0.15) is 34.6 Å². The number of carbonyl (C=O) groups excluding carboxylic acids is 2. The van der Waals surface area contributed by atoms with Crippen molar-refractivity contribution < 1.29 is 14.3 Å². The van der Waals surface area contributed by atoms with Gasteiger partial charge < -0.3 is 15.4 Å². The zero-order chi connectivity index (χ0) is 16.8. The number of nitrogens with one attached hydrogen (secondary N) is 2. The number of alkyl carbamates (subject to hydrolysis) is 1. The molecule has 5 heteroatoms. The van der Waals surface area contributed by atoms with Gasteiger partial charge in [-0.2, -0.15) is 0 Å². The first-order chi connectivity index (χ1) is 10.2. The summed E-state index contributed by atoms with van der Waals surface area (Å²) in [6.07, 6.45) is 1.18. The van der Waals surface area contributed by atoms with E-state index >= 15 is 0 Å². The van der Waals surface area contributed by atoms with Crippen molar-refractivity contribution >= 4 is 17.7 Å². The van der Waals surface area contributed by atoms with Crippen LogP contribution in [-0.4, -0.2) is 23.6 Å². The molecule has 5 nitrogen and oxygen atoms in total. The molecule has 1 atom stereocenters. The summed E-state index contributed by atoms with van der Waals surface area (Å²) in [4.78, 5) is 23.7. The van der Waals surface area contributed by atoms with Gasteiger partial charge in [0.05, 0.1) is 0 Å². The Morgan fingerprint density at radius 1 is 1.18 bits per heavy atom. The van der Waals surface area contributed by atoms with E-state index < -0.39 is 11.7 Å². The van der Waals surface area contributed by atoms with Crippen molar-refractivity contribution in [2.24, 2.45) is 0 Å². The summed E-state index contributed by atoms with van der Waals surface area (Å²) in [6.45, 7) is 8.87. The van der Waals surface area contributed by atoms with E-state index in [2.05, 4.69) is 10.6 Å². The van der Waals surface area contributed by atoms with Gasteiger partial charge in [0, 0.05) is 17.3 Å². The summed E-state index contributed by atoms with van der Waals surface area (Å²) in [7, 11) is 0. The van der Waals surface area contributed by atoms with Gasteiger partial charge in [0.2, 0.25) is 0 Å². The number of hydrogen-bond donors (Lipinski definition) is 2. The molecule has 1 aromatic carbocycles. The highest BCUT2D eigenvalue weighted by atomic mass is 16.6. The SMILES string of the molecule is C/C(=C\[C@H](C)NC(=O)OC(C)(C)C)C(=O)Nc1ccccc1. The molecule has 0 bridgehead atoms. The molecule has 0 radical (unpaired) electrons. The van der Waals surface area contributed by atoms with Gasteiger partial charge in [0.1, 0.15) is 5.60 Å². The Labute approximate surface area is 131 Å². The molecule has 0 heterocycles. The molecule has 0 saturated carbocycles. The van der Waals surface area contributed by atoms with Gasteiger partial charge in [-0.15, -0.1) is 0 Å². The van der Waals surface area contributed by atoms with Gasteiger partial charge in [0.15, 0.2) is 0 Å². The molecule has 0 aliphatic rings. The predicted molar refractivity (Wildman–Crippen MR) is 87.7 cm³/mol. The largest absolute Gasteiger partial charge is 0.444 e. The number of carbonyl (C=O) groups is 2. The average Bonchev–Trinajstić information content (AvgIpc) is 2.36. The van der Waals surface area contributed by atoms with Gasteiger partial charge in [-0.05, 0) is 46.8 Å². The summed E-state index contributed by atoms with van der Waals surface area (Å²) in [5.74, 6) is -0.205. The minimum Gasteiger partial charge on any atom is -0.444 e. The molecule has 1 aromatic rings. The van der Waals surface area contributed by atoms with Crippen LogP contribution >= 0.6 is 0 Å². The van der Waals surface area contributed by atoms with E-state index in [4.69, 9.17) is 4.74 Å². The van der Waals surface area contributed by atoms with Gasteiger partial charge in [0.25, 0.3) is 5.91 Å². The first-order valence-electron chi connectivity index (χ1n) is 7.22. The van der Waals surface area contributed by atoms with Crippen LogP contribution in [0.15, 0.2) is 42.0 Å². The Balaban J connectivity index is 2.56. The highest BCUT2D eigenvalue weighted by Gasteiger charge is 2.17. The third kappa shape index (κ3) is 6.92. The molecular formula is C17H24N2O3. The van der Waals surface area contributed by atoms with Crippen molar-refractivity contribution in [3.05, 3.63) is 42.0 Å². The number of ether oxygens (including phenoxy) is 1. The number of amides is 2. The molecule has 0 aromatic heterocycles. The average molecular weight is 304 g/mol. The molecule has 2 amide bonds. The lowest BCUT2D eigenvalue weighted by Gasteiger charge is -2.21.